The first kappa shape index (κ1) is 13.8. The van der Waals surface area contributed by atoms with Crippen LogP contribution in [0.1, 0.15) is 20.3 Å². The zero-order valence-corrected chi connectivity index (χ0v) is 10.7. The van der Waals surface area contributed by atoms with E-state index in [1.807, 2.05) is 20.9 Å². The Hall–Kier alpha value is -1.30. The van der Waals surface area contributed by atoms with Gasteiger partial charge in [0.1, 0.15) is 5.92 Å². The lowest BCUT2D eigenvalue weighted by Crippen LogP contribution is -2.46. The van der Waals surface area contributed by atoms with E-state index >= 15 is 0 Å². The summed E-state index contributed by atoms with van der Waals surface area (Å²) in [6, 6.07) is 0.167. The lowest BCUT2D eigenvalue weighted by atomic mass is 9.93. The second-order valence-corrected chi connectivity index (χ2v) is 5.00. The number of amides is 1. The van der Waals surface area contributed by atoms with Crippen LogP contribution in [0, 0.1) is 11.8 Å². The smallest absolute Gasteiger partial charge is 0.231 e. The van der Waals surface area contributed by atoms with E-state index in [0.717, 1.165) is 19.5 Å². The van der Waals surface area contributed by atoms with Crippen LogP contribution in [0.3, 0.4) is 0 Å². The predicted octanol–water partition coefficient (Wildman–Crippen LogP) is -0.175. The highest BCUT2D eigenvalue weighted by atomic mass is 16.4. The van der Waals surface area contributed by atoms with Crippen LogP contribution in [-0.4, -0.2) is 48.0 Å². The fourth-order valence-electron chi connectivity index (χ4n) is 2.18. The van der Waals surface area contributed by atoms with Crippen LogP contribution in [0.2, 0.25) is 0 Å². The quantitative estimate of drug-likeness (QED) is 0.276. The fourth-order valence-corrected chi connectivity index (χ4v) is 2.18. The highest BCUT2D eigenvalue weighted by Gasteiger charge is 2.30. The third kappa shape index (κ3) is 3.59. The second kappa shape index (κ2) is 5.86. The molecule has 17 heavy (non-hydrogen) atoms. The molecule has 0 bridgehead atoms. The van der Waals surface area contributed by atoms with Gasteiger partial charge in [0.25, 0.3) is 0 Å². The van der Waals surface area contributed by atoms with E-state index in [1.165, 1.54) is 0 Å². The Morgan fingerprint density at radius 2 is 2.24 bits per heavy atom. The third-order valence-electron chi connectivity index (χ3n) is 3.12. The van der Waals surface area contributed by atoms with Gasteiger partial charge in [-0.05, 0) is 25.9 Å². The van der Waals surface area contributed by atoms with Gasteiger partial charge >= 0.3 is 0 Å². The van der Waals surface area contributed by atoms with Crippen LogP contribution >= 0.6 is 0 Å². The summed E-state index contributed by atoms with van der Waals surface area (Å²) in [6.45, 7) is 5.60. The average Bonchev–Trinajstić information content (AvgIpc) is 2.63. The van der Waals surface area contributed by atoms with Gasteiger partial charge < -0.3 is 21.2 Å². The minimum absolute atomic E-state index is 0.00466. The van der Waals surface area contributed by atoms with Crippen molar-refractivity contribution in [1.29, 1.82) is 0 Å². The maximum Gasteiger partial charge on any atom is 0.231 e. The van der Waals surface area contributed by atoms with E-state index < -0.39 is 5.92 Å². The lowest BCUT2D eigenvalue weighted by molar-refractivity contribution is -0.124. The van der Waals surface area contributed by atoms with E-state index in [1.54, 1.807) is 0 Å². The normalized spacial score (nSPS) is 24.0. The lowest BCUT2D eigenvalue weighted by Gasteiger charge is -2.21. The number of likely N-dealkylation sites (N-methyl/N-ethyl adjacent to an activating group) is 1. The van der Waals surface area contributed by atoms with Gasteiger partial charge in [0, 0.05) is 12.6 Å². The summed E-state index contributed by atoms with van der Waals surface area (Å²) in [6.07, 6.45) is 0.948. The number of rotatable bonds is 4. The molecule has 1 aliphatic rings. The first-order valence-electron chi connectivity index (χ1n) is 5.92. The number of nitrogens with one attached hydrogen (secondary N) is 1. The van der Waals surface area contributed by atoms with E-state index in [4.69, 9.17) is 10.9 Å². The van der Waals surface area contributed by atoms with Crippen LogP contribution < -0.4 is 11.1 Å². The van der Waals surface area contributed by atoms with Crippen molar-refractivity contribution in [3.63, 3.8) is 0 Å². The Kier molecular flexibility index (Phi) is 4.74. The van der Waals surface area contributed by atoms with E-state index in [0.29, 0.717) is 0 Å². The number of likely N-dealkylation sites (tertiary alicyclic amines) is 1. The Balaban J connectivity index is 2.60. The third-order valence-corrected chi connectivity index (χ3v) is 3.12. The molecule has 2 unspecified atom stereocenters. The van der Waals surface area contributed by atoms with Crippen molar-refractivity contribution in [2.24, 2.45) is 22.7 Å². The van der Waals surface area contributed by atoms with Crippen LogP contribution in [0.15, 0.2) is 5.16 Å². The molecule has 0 radical (unpaired) electrons. The summed E-state index contributed by atoms with van der Waals surface area (Å²) in [5, 5.41) is 14.6. The Bertz CT molecular complexity index is 304. The van der Waals surface area contributed by atoms with Crippen molar-refractivity contribution in [3.05, 3.63) is 0 Å². The predicted molar refractivity (Wildman–Crippen MR) is 65.8 cm³/mol. The largest absolute Gasteiger partial charge is 0.409 e. The summed E-state index contributed by atoms with van der Waals surface area (Å²) in [5.74, 6) is -0.740. The molecular formula is C11H22N4O2. The molecule has 1 aliphatic heterocycles. The van der Waals surface area contributed by atoms with Gasteiger partial charge in [0.2, 0.25) is 5.91 Å². The number of hydrogen-bond donors (Lipinski definition) is 3. The SMILES string of the molecule is CC(C)C(C(=O)NC1CCN(C)C1)C(N)=NO. The number of amidine groups is 1. The molecule has 0 aromatic carbocycles. The van der Waals surface area contributed by atoms with Crippen LogP contribution in [0.5, 0.6) is 0 Å². The van der Waals surface area contributed by atoms with Crippen molar-refractivity contribution in [2.45, 2.75) is 26.3 Å². The van der Waals surface area contributed by atoms with Crippen molar-refractivity contribution in [2.75, 3.05) is 20.1 Å². The van der Waals surface area contributed by atoms with Crippen LogP contribution in [-0.2, 0) is 4.79 Å². The molecule has 0 aliphatic carbocycles. The topological polar surface area (TPSA) is 91.0 Å². The summed E-state index contributed by atoms with van der Waals surface area (Å²) >= 11 is 0. The van der Waals surface area contributed by atoms with Crippen molar-refractivity contribution >= 4 is 11.7 Å². The molecule has 1 rings (SSSR count). The van der Waals surface area contributed by atoms with Gasteiger partial charge in [0.15, 0.2) is 5.84 Å². The monoisotopic (exact) mass is 242 g/mol. The van der Waals surface area contributed by atoms with Gasteiger partial charge in [-0.1, -0.05) is 19.0 Å². The molecule has 0 aromatic rings. The molecule has 1 saturated heterocycles. The van der Waals surface area contributed by atoms with Crippen molar-refractivity contribution in [1.82, 2.24) is 10.2 Å². The minimum Gasteiger partial charge on any atom is -0.409 e. The maximum atomic E-state index is 12.0. The summed E-state index contributed by atoms with van der Waals surface area (Å²) < 4.78 is 0. The van der Waals surface area contributed by atoms with Gasteiger partial charge in [-0.15, -0.1) is 0 Å². The maximum absolute atomic E-state index is 12.0. The highest BCUT2D eigenvalue weighted by Crippen LogP contribution is 2.13. The molecule has 1 heterocycles. The average molecular weight is 242 g/mol. The number of oxime groups is 1. The molecule has 6 nitrogen and oxygen atoms in total. The molecule has 1 fully saturated rings. The number of hydrogen-bond acceptors (Lipinski definition) is 4. The van der Waals surface area contributed by atoms with E-state index in [9.17, 15) is 4.79 Å². The molecule has 6 heteroatoms. The number of nitrogens with two attached hydrogens (primary N) is 1. The Morgan fingerprint density at radius 1 is 1.59 bits per heavy atom. The van der Waals surface area contributed by atoms with Crippen molar-refractivity contribution < 1.29 is 10.0 Å². The number of carbonyl (C=O) groups excluding carboxylic acids is 1. The molecule has 98 valence electrons. The van der Waals surface area contributed by atoms with Crippen LogP contribution in [0.4, 0.5) is 0 Å². The van der Waals surface area contributed by atoms with Crippen molar-refractivity contribution in [3.8, 4) is 0 Å². The van der Waals surface area contributed by atoms with E-state index in [-0.39, 0.29) is 23.7 Å². The first-order valence-corrected chi connectivity index (χ1v) is 5.92. The van der Waals surface area contributed by atoms with E-state index in [2.05, 4.69) is 15.4 Å². The molecule has 0 aromatic heterocycles. The van der Waals surface area contributed by atoms with Gasteiger partial charge in [-0.25, -0.2) is 0 Å². The zero-order valence-electron chi connectivity index (χ0n) is 10.7. The first-order chi connectivity index (χ1) is 7.95. The molecule has 4 N–H and O–H groups in total. The summed E-state index contributed by atoms with van der Waals surface area (Å²) in [7, 11) is 2.02. The molecule has 2 atom stereocenters. The fraction of sp³-hybridized carbons (Fsp3) is 0.818. The second-order valence-electron chi connectivity index (χ2n) is 5.00. The highest BCUT2D eigenvalue weighted by molar-refractivity contribution is 6.02. The Labute approximate surface area is 102 Å². The summed E-state index contributed by atoms with van der Waals surface area (Å²) in [4.78, 5) is 14.2. The molecular weight excluding hydrogens is 220 g/mol. The molecule has 1 amide bonds. The van der Waals surface area contributed by atoms with Gasteiger partial charge in [-0.2, -0.15) is 0 Å². The van der Waals surface area contributed by atoms with Gasteiger partial charge in [-0.3, -0.25) is 4.79 Å². The Morgan fingerprint density at radius 3 is 2.65 bits per heavy atom. The zero-order chi connectivity index (χ0) is 13.0. The minimum atomic E-state index is -0.564. The standard InChI is InChI=1S/C11H22N4O2/c1-7(2)9(10(12)14-17)11(16)13-8-4-5-15(3)6-8/h7-9,17H,4-6H2,1-3H3,(H2,12,14)(H,13,16). The number of carbonyl (C=O) groups is 1. The number of nitrogens with zero attached hydrogens (tertiary/aromatic N) is 2. The molecule has 0 saturated carbocycles. The summed E-state index contributed by atoms with van der Waals surface area (Å²) in [5.41, 5.74) is 5.55. The van der Waals surface area contributed by atoms with Gasteiger partial charge in [0.05, 0.1) is 0 Å². The molecule has 0 spiro atoms. The van der Waals surface area contributed by atoms with Crippen LogP contribution in [0.25, 0.3) is 0 Å².